The lowest BCUT2D eigenvalue weighted by Crippen LogP contribution is -2.35. The van der Waals surface area contributed by atoms with Crippen LogP contribution in [0.1, 0.15) is 19.4 Å². The molecule has 0 spiro atoms. The first-order chi connectivity index (χ1) is 8.09. The van der Waals surface area contributed by atoms with Crippen molar-refractivity contribution in [1.82, 2.24) is 14.7 Å². The summed E-state index contributed by atoms with van der Waals surface area (Å²) < 4.78 is 1.58. The molecule has 2 atom stereocenters. The number of aliphatic carboxylic acids is 1. The van der Waals surface area contributed by atoms with Crippen LogP contribution in [0.4, 0.5) is 0 Å². The van der Waals surface area contributed by atoms with Crippen LogP contribution in [0, 0.1) is 5.92 Å². The number of carbonyl (C=O) groups is 2. The van der Waals surface area contributed by atoms with E-state index in [4.69, 9.17) is 5.11 Å². The Hall–Kier alpha value is -1.85. The zero-order valence-electron chi connectivity index (χ0n) is 9.61. The minimum absolute atomic E-state index is 0.0718. The predicted molar refractivity (Wildman–Crippen MR) is 59.3 cm³/mol. The molecule has 1 aliphatic heterocycles. The van der Waals surface area contributed by atoms with Gasteiger partial charge in [-0.1, -0.05) is 0 Å². The fraction of sp³-hybridized carbons (Fsp3) is 0.545. The highest BCUT2D eigenvalue weighted by atomic mass is 16.4. The highest BCUT2D eigenvalue weighted by Crippen LogP contribution is 2.19. The van der Waals surface area contributed by atoms with E-state index >= 15 is 0 Å². The molecular weight excluding hydrogens is 222 g/mol. The van der Waals surface area contributed by atoms with Gasteiger partial charge in [-0.05, 0) is 19.4 Å². The van der Waals surface area contributed by atoms with Crippen LogP contribution in [0.3, 0.4) is 0 Å². The van der Waals surface area contributed by atoms with E-state index in [1.807, 2.05) is 0 Å². The van der Waals surface area contributed by atoms with E-state index in [9.17, 15) is 9.59 Å². The number of amides is 1. The molecule has 2 heterocycles. The van der Waals surface area contributed by atoms with E-state index in [-0.39, 0.29) is 11.9 Å². The molecule has 0 unspecified atom stereocenters. The maximum Gasteiger partial charge on any atom is 0.308 e. The number of hydrogen-bond acceptors (Lipinski definition) is 3. The van der Waals surface area contributed by atoms with E-state index in [0.717, 1.165) is 0 Å². The number of aromatic nitrogens is 2. The lowest BCUT2D eigenvalue weighted by Gasteiger charge is -2.20. The Bertz CT molecular complexity index is 416. The zero-order chi connectivity index (χ0) is 12.4. The summed E-state index contributed by atoms with van der Waals surface area (Å²) >= 11 is 0. The van der Waals surface area contributed by atoms with Gasteiger partial charge in [0.25, 0.3) is 0 Å². The van der Waals surface area contributed by atoms with Gasteiger partial charge < -0.3 is 10.0 Å². The molecule has 6 nitrogen and oxygen atoms in total. The first kappa shape index (κ1) is 11.6. The van der Waals surface area contributed by atoms with Gasteiger partial charge in [-0.15, -0.1) is 0 Å². The molecule has 1 aliphatic rings. The van der Waals surface area contributed by atoms with Gasteiger partial charge in [0.1, 0.15) is 6.04 Å². The number of carbonyl (C=O) groups excluding carboxylic acids is 1. The van der Waals surface area contributed by atoms with Gasteiger partial charge >= 0.3 is 5.97 Å². The summed E-state index contributed by atoms with van der Waals surface area (Å²) in [7, 11) is 0. The largest absolute Gasteiger partial charge is 0.481 e. The number of nitrogens with zero attached hydrogens (tertiary/aromatic N) is 3. The number of carboxylic acid groups (broad SMARTS) is 1. The van der Waals surface area contributed by atoms with E-state index in [2.05, 4.69) is 5.10 Å². The van der Waals surface area contributed by atoms with Crippen molar-refractivity contribution in [3.8, 4) is 0 Å². The first-order valence-corrected chi connectivity index (χ1v) is 5.60. The summed E-state index contributed by atoms with van der Waals surface area (Å²) in [6, 6.07) is 1.38. The van der Waals surface area contributed by atoms with Crippen molar-refractivity contribution < 1.29 is 14.7 Å². The molecule has 1 aromatic rings. The van der Waals surface area contributed by atoms with E-state index in [1.54, 1.807) is 35.0 Å². The Balaban J connectivity index is 2.00. The normalized spacial score (nSPS) is 21.5. The van der Waals surface area contributed by atoms with E-state index in [0.29, 0.717) is 19.5 Å². The number of likely N-dealkylation sites (tertiary alicyclic amines) is 1. The molecule has 1 aromatic heterocycles. The van der Waals surface area contributed by atoms with Crippen molar-refractivity contribution in [3.63, 3.8) is 0 Å². The molecule has 92 valence electrons. The molecule has 17 heavy (non-hydrogen) atoms. The minimum Gasteiger partial charge on any atom is -0.481 e. The summed E-state index contributed by atoms with van der Waals surface area (Å²) in [5.41, 5.74) is 0. The fourth-order valence-electron chi connectivity index (χ4n) is 2.05. The van der Waals surface area contributed by atoms with Crippen LogP contribution in [-0.2, 0) is 9.59 Å². The van der Waals surface area contributed by atoms with Gasteiger partial charge in [0.05, 0.1) is 5.92 Å². The maximum atomic E-state index is 12.1. The lowest BCUT2D eigenvalue weighted by molar-refractivity contribution is -0.141. The summed E-state index contributed by atoms with van der Waals surface area (Å²) in [5, 5.41) is 12.9. The number of rotatable bonds is 3. The van der Waals surface area contributed by atoms with Gasteiger partial charge in [-0.2, -0.15) is 5.10 Å². The average molecular weight is 237 g/mol. The zero-order valence-corrected chi connectivity index (χ0v) is 9.61. The van der Waals surface area contributed by atoms with Crippen molar-refractivity contribution in [2.75, 3.05) is 13.1 Å². The summed E-state index contributed by atoms with van der Waals surface area (Å²) in [6.07, 6.45) is 3.88. The molecule has 2 rings (SSSR count). The van der Waals surface area contributed by atoms with Crippen molar-refractivity contribution in [1.29, 1.82) is 0 Å². The molecular formula is C11H15N3O3. The third-order valence-electron chi connectivity index (χ3n) is 3.13. The van der Waals surface area contributed by atoms with Crippen LogP contribution >= 0.6 is 0 Å². The Kier molecular flexibility index (Phi) is 3.12. The van der Waals surface area contributed by atoms with Crippen LogP contribution in [0.5, 0.6) is 0 Å². The van der Waals surface area contributed by atoms with Gasteiger partial charge in [0.15, 0.2) is 0 Å². The fourth-order valence-corrected chi connectivity index (χ4v) is 2.05. The molecule has 0 saturated carbocycles. The van der Waals surface area contributed by atoms with E-state index < -0.39 is 11.9 Å². The van der Waals surface area contributed by atoms with Crippen molar-refractivity contribution in [2.24, 2.45) is 5.92 Å². The van der Waals surface area contributed by atoms with Crippen LogP contribution in [0.25, 0.3) is 0 Å². The Labute approximate surface area is 98.8 Å². The van der Waals surface area contributed by atoms with Crippen LogP contribution < -0.4 is 0 Å². The molecule has 1 N–H and O–H groups in total. The summed E-state index contributed by atoms with van der Waals surface area (Å²) in [5.74, 6) is -1.33. The Morgan fingerprint density at radius 1 is 1.53 bits per heavy atom. The first-order valence-electron chi connectivity index (χ1n) is 5.60. The van der Waals surface area contributed by atoms with Gasteiger partial charge in [-0.3, -0.25) is 14.3 Å². The van der Waals surface area contributed by atoms with E-state index in [1.165, 1.54) is 0 Å². The molecule has 6 heteroatoms. The standard InChI is InChI=1S/C11H15N3O3/c1-8(14-5-2-4-12-14)10(15)13-6-3-9(7-13)11(16)17/h2,4-5,8-9H,3,6-7H2,1H3,(H,16,17)/t8-,9+/m0/s1. The van der Waals surface area contributed by atoms with Gasteiger partial charge in [0, 0.05) is 25.5 Å². The number of carboxylic acids is 1. The second-order valence-electron chi connectivity index (χ2n) is 4.27. The van der Waals surface area contributed by atoms with Gasteiger partial charge in [-0.25, -0.2) is 0 Å². The smallest absolute Gasteiger partial charge is 0.308 e. The molecule has 1 amide bonds. The quantitative estimate of drug-likeness (QED) is 0.824. The molecule has 0 aromatic carbocycles. The monoisotopic (exact) mass is 237 g/mol. The predicted octanol–water partition coefficient (Wildman–Crippen LogP) is 0.377. The van der Waals surface area contributed by atoms with Gasteiger partial charge in [0.2, 0.25) is 5.91 Å². The summed E-state index contributed by atoms with van der Waals surface area (Å²) in [4.78, 5) is 24.5. The van der Waals surface area contributed by atoms with Crippen LogP contribution in [0.2, 0.25) is 0 Å². The SMILES string of the molecule is C[C@@H](C(=O)N1CC[C@@H](C(=O)O)C1)n1cccn1. The molecule has 1 saturated heterocycles. The molecule has 1 fully saturated rings. The highest BCUT2D eigenvalue weighted by Gasteiger charge is 2.33. The second kappa shape index (κ2) is 4.57. The molecule has 0 radical (unpaired) electrons. The van der Waals surface area contributed by atoms with Crippen molar-refractivity contribution in [3.05, 3.63) is 18.5 Å². The molecule has 0 bridgehead atoms. The maximum absolute atomic E-state index is 12.1. The van der Waals surface area contributed by atoms with Crippen molar-refractivity contribution >= 4 is 11.9 Å². The van der Waals surface area contributed by atoms with Crippen molar-refractivity contribution in [2.45, 2.75) is 19.4 Å². The van der Waals surface area contributed by atoms with Crippen LogP contribution in [0.15, 0.2) is 18.5 Å². The summed E-state index contributed by atoms with van der Waals surface area (Å²) in [6.45, 7) is 2.59. The highest BCUT2D eigenvalue weighted by molar-refractivity contribution is 5.81. The Morgan fingerprint density at radius 3 is 2.82 bits per heavy atom. The Morgan fingerprint density at radius 2 is 2.29 bits per heavy atom. The second-order valence-corrected chi connectivity index (χ2v) is 4.27. The average Bonchev–Trinajstić information content (AvgIpc) is 2.97. The third-order valence-corrected chi connectivity index (χ3v) is 3.13. The minimum atomic E-state index is -0.827. The lowest BCUT2D eigenvalue weighted by atomic mass is 10.1. The third kappa shape index (κ3) is 2.30. The molecule has 0 aliphatic carbocycles. The van der Waals surface area contributed by atoms with Crippen LogP contribution in [-0.4, -0.2) is 44.8 Å². The topological polar surface area (TPSA) is 75.4 Å². The number of hydrogen-bond donors (Lipinski definition) is 1.